The Morgan fingerprint density at radius 1 is 1.33 bits per heavy atom. The van der Waals surface area contributed by atoms with Crippen molar-refractivity contribution < 1.29 is 4.39 Å². The van der Waals surface area contributed by atoms with Gasteiger partial charge in [0.05, 0.1) is 0 Å². The molecule has 146 valence electrons. The maximum Gasteiger partial charge on any atom is 0.191 e. The lowest BCUT2D eigenvalue weighted by atomic mass is 10.1. The topological polar surface area (TPSA) is 70.0 Å². The Bertz CT molecular complexity index is 843. The van der Waals surface area contributed by atoms with Crippen LogP contribution in [0, 0.1) is 5.82 Å². The van der Waals surface area contributed by atoms with Crippen LogP contribution in [0.3, 0.4) is 0 Å². The maximum atomic E-state index is 13.5. The van der Waals surface area contributed by atoms with Gasteiger partial charge in [0.25, 0.3) is 0 Å². The second-order valence-corrected chi connectivity index (χ2v) is 6.06. The van der Waals surface area contributed by atoms with Gasteiger partial charge in [-0.25, -0.2) is 4.39 Å². The number of aromatic amines is 1. The molecule has 8 heteroatoms. The van der Waals surface area contributed by atoms with Crippen molar-refractivity contribution in [3.8, 4) is 0 Å². The molecule has 0 spiro atoms. The second-order valence-electron chi connectivity index (χ2n) is 6.06. The Kier molecular flexibility index (Phi) is 8.56. The zero-order chi connectivity index (χ0) is 18.2. The third-order valence-corrected chi connectivity index (χ3v) is 4.13. The van der Waals surface area contributed by atoms with Crippen LogP contribution < -0.4 is 10.6 Å². The van der Waals surface area contributed by atoms with Crippen molar-refractivity contribution in [2.24, 2.45) is 4.99 Å². The van der Waals surface area contributed by atoms with Crippen LogP contribution >= 0.6 is 24.0 Å². The van der Waals surface area contributed by atoms with E-state index >= 15 is 0 Å². The van der Waals surface area contributed by atoms with Crippen LogP contribution in [0.15, 0.2) is 47.8 Å². The highest BCUT2D eigenvalue weighted by Crippen LogP contribution is 2.19. The first-order valence-corrected chi connectivity index (χ1v) is 9.01. The fourth-order valence-corrected chi connectivity index (χ4v) is 2.87. The SMILES string of the molecule is CCNC(=NCCCn1cccn1)NCCc1c[nH]c2ccc(F)cc12.I. The molecule has 0 bridgehead atoms. The number of nitrogens with one attached hydrogen (secondary N) is 3. The highest BCUT2D eigenvalue weighted by molar-refractivity contribution is 14.0. The van der Waals surface area contributed by atoms with Crippen LogP contribution in [0.5, 0.6) is 0 Å². The molecule has 0 aliphatic rings. The van der Waals surface area contributed by atoms with Crippen molar-refractivity contribution in [1.82, 2.24) is 25.4 Å². The lowest BCUT2D eigenvalue weighted by Gasteiger charge is -2.11. The summed E-state index contributed by atoms with van der Waals surface area (Å²) in [6.07, 6.45) is 7.41. The number of aromatic nitrogens is 3. The minimum Gasteiger partial charge on any atom is -0.361 e. The molecule has 1 aromatic carbocycles. The first-order chi connectivity index (χ1) is 12.8. The first-order valence-electron chi connectivity index (χ1n) is 9.01. The zero-order valence-corrected chi connectivity index (χ0v) is 17.7. The number of aliphatic imine (C=N–C) groups is 1. The van der Waals surface area contributed by atoms with E-state index in [-0.39, 0.29) is 29.8 Å². The predicted molar refractivity (Wildman–Crippen MR) is 118 cm³/mol. The fraction of sp³-hybridized carbons (Fsp3) is 0.368. The molecule has 2 aromatic heterocycles. The molecule has 0 atom stereocenters. The number of aryl methyl sites for hydroxylation is 1. The highest BCUT2D eigenvalue weighted by atomic mass is 127. The van der Waals surface area contributed by atoms with Crippen LogP contribution in [-0.4, -0.2) is 40.4 Å². The normalized spacial score (nSPS) is 11.4. The summed E-state index contributed by atoms with van der Waals surface area (Å²) in [6.45, 7) is 5.17. The minimum atomic E-state index is -0.210. The fourth-order valence-electron chi connectivity index (χ4n) is 2.87. The van der Waals surface area contributed by atoms with E-state index in [2.05, 4.69) is 25.7 Å². The molecular weight excluding hydrogens is 458 g/mol. The molecule has 0 amide bonds. The van der Waals surface area contributed by atoms with Crippen molar-refractivity contribution >= 4 is 40.8 Å². The van der Waals surface area contributed by atoms with E-state index in [0.29, 0.717) is 0 Å². The van der Waals surface area contributed by atoms with Gasteiger partial charge < -0.3 is 15.6 Å². The molecule has 3 rings (SSSR count). The number of guanidine groups is 1. The zero-order valence-electron chi connectivity index (χ0n) is 15.4. The molecule has 27 heavy (non-hydrogen) atoms. The van der Waals surface area contributed by atoms with Crippen LogP contribution in [0.4, 0.5) is 4.39 Å². The summed E-state index contributed by atoms with van der Waals surface area (Å²) in [4.78, 5) is 7.78. The third kappa shape index (κ3) is 6.23. The molecule has 0 fully saturated rings. The molecule has 0 saturated heterocycles. The van der Waals surface area contributed by atoms with Crippen molar-refractivity contribution in [3.63, 3.8) is 0 Å². The van der Waals surface area contributed by atoms with Gasteiger partial charge >= 0.3 is 0 Å². The van der Waals surface area contributed by atoms with Crippen molar-refractivity contribution in [2.75, 3.05) is 19.6 Å². The van der Waals surface area contributed by atoms with Gasteiger partial charge in [-0.15, -0.1) is 24.0 Å². The number of H-pyrrole nitrogens is 1. The monoisotopic (exact) mass is 484 g/mol. The molecule has 6 nitrogen and oxygen atoms in total. The van der Waals surface area contributed by atoms with Crippen LogP contribution in [0.2, 0.25) is 0 Å². The smallest absolute Gasteiger partial charge is 0.191 e. The molecule has 0 saturated carbocycles. The summed E-state index contributed by atoms with van der Waals surface area (Å²) >= 11 is 0. The molecule has 0 radical (unpaired) electrons. The van der Waals surface area contributed by atoms with Gasteiger partial charge in [0.15, 0.2) is 5.96 Å². The molecule has 3 N–H and O–H groups in total. The van der Waals surface area contributed by atoms with E-state index in [1.807, 2.05) is 30.1 Å². The van der Waals surface area contributed by atoms with E-state index in [9.17, 15) is 4.39 Å². The van der Waals surface area contributed by atoms with Gasteiger partial charge in [-0.3, -0.25) is 9.67 Å². The Morgan fingerprint density at radius 2 is 2.22 bits per heavy atom. The summed E-state index contributed by atoms with van der Waals surface area (Å²) in [5, 5.41) is 11.7. The molecule has 2 heterocycles. The van der Waals surface area contributed by atoms with E-state index in [4.69, 9.17) is 0 Å². The summed E-state index contributed by atoms with van der Waals surface area (Å²) < 4.78 is 15.4. The van der Waals surface area contributed by atoms with Gasteiger partial charge in [0.1, 0.15) is 5.82 Å². The van der Waals surface area contributed by atoms with E-state index in [0.717, 1.165) is 61.4 Å². The number of benzene rings is 1. The number of halogens is 2. The second kappa shape index (κ2) is 10.9. The van der Waals surface area contributed by atoms with Crippen molar-refractivity contribution in [3.05, 3.63) is 54.2 Å². The third-order valence-electron chi connectivity index (χ3n) is 4.13. The number of nitrogens with zero attached hydrogens (tertiary/aromatic N) is 3. The maximum absolute atomic E-state index is 13.5. The van der Waals surface area contributed by atoms with Crippen molar-refractivity contribution in [1.29, 1.82) is 0 Å². The van der Waals surface area contributed by atoms with E-state index < -0.39 is 0 Å². The summed E-state index contributed by atoms with van der Waals surface area (Å²) in [7, 11) is 0. The standard InChI is InChI=1S/C19H25FN6.HI/c1-2-21-19(22-8-3-11-26-12-4-9-25-26)23-10-7-15-14-24-18-6-5-16(20)13-17(15)18;/h4-6,9,12-14,24H,2-3,7-8,10-11H2,1H3,(H2,21,22,23);1H. The Labute approximate surface area is 175 Å². The lowest BCUT2D eigenvalue weighted by Crippen LogP contribution is -2.38. The lowest BCUT2D eigenvalue weighted by molar-refractivity contribution is 0.584. The first kappa shape index (κ1) is 21.2. The average molecular weight is 484 g/mol. The van der Waals surface area contributed by atoms with Gasteiger partial charge in [-0.2, -0.15) is 5.10 Å². The molecular formula is C19H26FIN6. The van der Waals surface area contributed by atoms with Crippen LogP contribution in [0.25, 0.3) is 10.9 Å². The Balaban J connectivity index is 0.00000261. The number of fused-ring (bicyclic) bond motifs is 1. The molecule has 3 aromatic rings. The van der Waals surface area contributed by atoms with Gasteiger partial charge in [-0.1, -0.05) is 0 Å². The summed E-state index contributed by atoms with van der Waals surface area (Å²) in [5.41, 5.74) is 2.06. The summed E-state index contributed by atoms with van der Waals surface area (Å²) in [6, 6.07) is 6.74. The van der Waals surface area contributed by atoms with Crippen LogP contribution in [0.1, 0.15) is 18.9 Å². The number of hydrogen-bond acceptors (Lipinski definition) is 2. The quantitative estimate of drug-likeness (QED) is 0.199. The number of rotatable bonds is 8. The number of hydrogen-bond donors (Lipinski definition) is 3. The largest absolute Gasteiger partial charge is 0.361 e. The summed E-state index contributed by atoms with van der Waals surface area (Å²) in [5.74, 6) is 0.595. The Hall–Kier alpha value is -2.10. The molecule has 0 aliphatic carbocycles. The van der Waals surface area contributed by atoms with Crippen molar-refractivity contribution in [2.45, 2.75) is 26.3 Å². The van der Waals surface area contributed by atoms with Gasteiger partial charge in [0, 0.05) is 55.7 Å². The van der Waals surface area contributed by atoms with Crippen LogP contribution in [-0.2, 0) is 13.0 Å². The highest BCUT2D eigenvalue weighted by Gasteiger charge is 2.05. The van der Waals surface area contributed by atoms with Gasteiger partial charge in [-0.05, 0) is 49.6 Å². The van der Waals surface area contributed by atoms with E-state index in [1.165, 1.54) is 6.07 Å². The predicted octanol–water partition coefficient (Wildman–Crippen LogP) is 3.31. The average Bonchev–Trinajstić information content (AvgIpc) is 3.28. The molecule has 0 aliphatic heterocycles. The van der Waals surface area contributed by atoms with E-state index in [1.54, 1.807) is 18.3 Å². The molecule has 0 unspecified atom stereocenters. The minimum absolute atomic E-state index is 0. The Morgan fingerprint density at radius 3 is 3.00 bits per heavy atom. The van der Waals surface area contributed by atoms with Gasteiger partial charge in [0.2, 0.25) is 0 Å².